The van der Waals surface area contributed by atoms with Crippen molar-refractivity contribution < 1.29 is 8.42 Å². The van der Waals surface area contributed by atoms with E-state index in [9.17, 15) is 8.42 Å². The quantitative estimate of drug-likeness (QED) is 0.858. The van der Waals surface area contributed by atoms with Crippen molar-refractivity contribution in [3.63, 3.8) is 0 Å². The van der Waals surface area contributed by atoms with Crippen LogP contribution in [-0.2, 0) is 10.0 Å². The highest BCUT2D eigenvalue weighted by molar-refractivity contribution is 7.89. The summed E-state index contributed by atoms with van der Waals surface area (Å²) in [6.07, 6.45) is 9.50. The van der Waals surface area contributed by atoms with E-state index in [4.69, 9.17) is 0 Å². The average molecular weight is 323 g/mol. The van der Waals surface area contributed by atoms with Crippen LogP contribution in [0.5, 0.6) is 0 Å². The molecule has 22 heavy (non-hydrogen) atoms. The van der Waals surface area contributed by atoms with Gasteiger partial charge in [0.15, 0.2) is 0 Å². The van der Waals surface area contributed by atoms with Gasteiger partial charge in [0.25, 0.3) is 0 Å². The molecule has 6 heteroatoms. The Balaban J connectivity index is 1.75. The number of rotatable bonds is 3. The summed E-state index contributed by atoms with van der Waals surface area (Å²) in [7, 11) is -3.36. The van der Waals surface area contributed by atoms with E-state index in [1.165, 1.54) is 31.9 Å². The summed E-state index contributed by atoms with van der Waals surface area (Å²) in [5.41, 5.74) is 0. The molecule has 3 rings (SSSR count). The number of sulfonamides is 1. The zero-order valence-electron chi connectivity index (χ0n) is 13.1. The summed E-state index contributed by atoms with van der Waals surface area (Å²) >= 11 is 0. The molecule has 5 nitrogen and oxygen atoms in total. The van der Waals surface area contributed by atoms with Crippen molar-refractivity contribution in [1.82, 2.24) is 9.29 Å². The van der Waals surface area contributed by atoms with Gasteiger partial charge in [-0.3, -0.25) is 0 Å². The molecule has 0 N–H and O–H groups in total. The van der Waals surface area contributed by atoms with Gasteiger partial charge in [-0.05, 0) is 37.8 Å². The van der Waals surface area contributed by atoms with E-state index in [1.807, 2.05) is 6.07 Å². The lowest BCUT2D eigenvalue weighted by Crippen LogP contribution is -2.35. The van der Waals surface area contributed by atoms with Crippen LogP contribution in [-0.4, -0.2) is 43.9 Å². The SMILES string of the molecule is O=S(=O)(c1ccc(N2CCCCCC2)nc1)N1CCCCC1. The van der Waals surface area contributed by atoms with Crippen LogP contribution in [0.2, 0.25) is 0 Å². The predicted molar refractivity (Wildman–Crippen MR) is 87.5 cm³/mol. The number of pyridine rings is 1. The summed E-state index contributed by atoms with van der Waals surface area (Å²) in [6, 6.07) is 3.58. The fraction of sp³-hybridized carbons (Fsp3) is 0.688. The number of hydrogen-bond acceptors (Lipinski definition) is 4. The van der Waals surface area contributed by atoms with E-state index in [0.29, 0.717) is 18.0 Å². The van der Waals surface area contributed by atoms with Gasteiger partial charge < -0.3 is 4.90 Å². The maximum absolute atomic E-state index is 12.6. The summed E-state index contributed by atoms with van der Waals surface area (Å²) in [6.45, 7) is 3.31. The first kappa shape index (κ1) is 15.7. The molecule has 0 radical (unpaired) electrons. The van der Waals surface area contributed by atoms with Crippen molar-refractivity contribution in [3.8, 4) is 0 Å². The zero-order valence-corrected chi connectivity index (χ0v) is 13.9. The molecule has 2 aliphatic rings. The Kier molecular flexibility index (Phi) is 4.98. The molecule has 0 amide bonds. The van der Waals surface area contributed by atoms with Crippen LogP contribution in [0.3, 0.4) is 0 Å². The standard InChI is InChI=1S/C16H25N3O2S/c20-22(21,19-12-6-3-7-13-19)15-8-9-16(17-14-15)18-10-4-1-2-5-11-18/h8-9,14H,1-7,10-13H2. The van der Waals surface area contributed by atoms with Crippen LogP contribution in [0.25, 0.3) is 0 Å². The number of aromatic nitrogens is 1. The van der Waals surface area contributed by atoms with Crippen molar-refractivity contribution in [2.45, 2.75) is 49.8 Å². The third-order valence-corrected chi connectivity index (χ3v) is 6.49. The lowest BCUT2D eigenvalue weighted by molar-refractivity contribution is 0.346. The molecule has 3 heterocycles. The van der Waals surface area contributed by atoms with Gasteiger partial charge in [-0.15, -0.1) is 0 Å². The van der Waals surface area contributed by atoms with Gasteiger partial charge in [0.05, 0.1) is 0 Å². The zero-order chi connectivity index (χ0) is 15.4. The molecule has 0 aliphatic carbocycles. The topological polar surface area (TPSA) is 53.5 Å². The molecule has 0 atom stereocenters. The minimum Gasteiger partial charge on any atom is -0.357 e. The maximum Gasteiger partial charge on any atom is 0.244 e. The highest BCUT2D eigenvalue weighted by Gasteiger charge is 2.26. The summed E-state index contributed by atoms with van der Waals surface area (Å²) in [4.78, 5) is 7.02. The van der Waals surface area contributed by atoms with Crippen molar-refractivity contribution >= 4 is 15.8 Å². The number of piperidine rings is 1. The van der Waals surface area contributed by atoms with Crippen LogP contribution in [0.1, 0.15) is 44.9 Å². The van der Waals surface area contributed by atoms with Crippen LogP contribution in [0.4, 0.5) is 5.82 Å². The Bertz CT molecular complexity index is 572. The third-order valence-electron chi connectivity index (χ3n) is 4.60. The summed E-state index contributed by atoms with van der Waals surface area (Å²) < 4.78 is 26.8. The van der Waals surface area contributed by atoms with E-state index in [0.717, 1.165) is 38.2 Å². The highest BCUT2D eigenvalue weighted by Crippen LogP contribution is 2.22. The van der Waals surface area contributed by atoms with E-state index in [1.54, 1.807) is 10.4 Å². The highest BCUT2D eigenvalue weighted by atomic mass is 32.2. The molecule has 0 bridgehead atoms. The number of nitrogens with zero attached hydrogens (tertiary/aromatic N) is 3. The molecule has 0 aromatic carbocycles. The van der Waals surface area contributed by atoms with Gasteiger partial charge in [-0.25, -0.2) is 13.4 Å². The van der Waals surface area contributed by atoms with E-state index in [2.05, 4.69) is 9.88 Å². The Labute approximate surface area is 133 Å². The Morgan fingerprint density at radius 2 is 1.41 bits per heavy atom. The lowest BCUT2D eigenvalue weighted by Gasteiger charge is -2.26. The van der Waals surface area contributed by atoms with Gasteiger partial charge >= 0.3 is 0 Å². The molecule has 0 unspecified atom stereocenters. The Morgan fingerprint density at radius 3 is 2.00 bits per heavy atom. The first-order valence-electron chi connectivity index (χ1n) is 8.39. The van der Waals surface area contributed by atoms with Crippen LogP contribution >= 0.6 is 0 Å². The molecule has 1 aromatic heterocycles. The monoisotopic (exact) mass is 323 g/mol. The second-order valence-corrected chi connectivity index (χ2v) is 8.16. The largest absolute Gasteiger partial charge is 0.357 e. The Morgan fingerprint density at radius 1 is 0.818 bits per heavy atom. The number of hydrogen-bond donors (Lipinski definition) is 0. The fourth-order valence-electron chi connectivity index (χ4n) is 3.27. The molecule has 1 aromatic rings. The maximum atomic E-state index is 12.6. The average Bonchev–Trinajstić information content (AvgIpc) is 2.85. The summed E-state index contributed by atoms with van der Waals surface area (Å²) in [5.74, 6) is 0.902. The minimum absolute atomic E-state index is 0.327. The van der Waals surface area contributed by atoms with E-state index < -0.39 is 10.0 Å². The summed E-state index contributed by atoms with van der Waals surface area (Å²) in [5, 5.41) is 0. The van der Waals surface area contributed by atoms with Gasteiger partial charge in [0, 0.05) is 32.4 Å². The second kappa shape index (κ2) is 6.96. The molecule has 122 valence electrons. The van der Waals surface area contributed by atoms with Crippen molar-refractivity contribution in [2.24, 2.45) is 0 Å². The molecule has 0 saturated carbocycles. The molecular weight excluding hydrogens is 298 g/mol. The smallest absolute Gasteiger partial charge is 0.244 e. The van der Waals surface area contributed by atoms with Crippen molar-refractivity contribution in [3.05, 3.63) is 18.3 Å². The number of anilines is 1. The fourth-order valence-corrected chi connectivity index (χ4v) is 4.73. The van der Waals surface area contributed by atoms with Crippen molar-refractivity contribution in [1.29, 1.82) is 0 Å². The van der Waals surface area contributed by atoms with Gasteiger partial charge in [-0.2, -0.15) is 4.31 Å². The van der Waals surface area contributed by atoms with Crippen LogP contribution < -0.4 is 4.90 Å². The van der Waals surface area contributed by atoms with Crippen LogP contribution in [0, 0.1) is 0 Å². The second-order valence-electron chi connectivity index (χ2n) is 6.22. The van der Waals surface area contributed by atoms with E-state index in [-0.39, 0.29) is 0 Å². The Hall–Kier alpha value is -1.14. The normalized spacial score (nSPS) is 21.5. The molecule has 2 saturated heterocycles. The molecule has 2 fully saturated rings. The van der Waals surface area contributed by atoms with Gasteiger partial charge in [-0.1, -0.05) is 19.3 Å². The van der Waals surface area contributed by atoms with Crippen molar-refractivity contribution in [2.75, 3.05) is 31.1 Å². The molecular formula is C16H25N3O2S. The minimum atomic E-state index is -3.36. The molecule has 0 spiro atoms. The van der Waals surface area contributed by atoms with Crippen LogP contribution in [0.15, 0.2) is 23.2 Å². The first-order valence-corrected chi connectivity index (χ1v) is 9.83. The van der Waals surface area contributed by atoms with Gasteiger partial charge in [0.2, 0.25) is 10.0 Å². The third kappa shape index (κ3) is 3.43. The van der Waals surface area contributed by atoms with Gasteiger partial charge in [0.1, 0.15) is 10.7 Å². The lowest BCUT2D eigenvalue weighted by atomic mass is 10.2. The predicted octanol–water partition coefficient (Wildman–Crippen LogP) is 2.64. The molecule has 2 aliphatic heterocycles. The first-order chi connectivity index (χ1) is 10.7. The van der Waals surface area contributed by atoms with E-state index >= 15 is 0 Å².